The summed E-state index contributed by atoms with van der Waals surface area (Å²) in [5.41, 5.74) is 4.97. The highest BCUT2D eigenvalue weighted by atomic mass is 35.5. The number of carbonyl (C=O) groups excluding carboxylic acids is 1. The number of esters is 1. The SMILES string of the molecule is CCCC[C@@H]([NH3+])/C=C/C(=O)OCc1ccccc1.[Cl-]. The number of hydrogen-bond donors (Lipinski definition) is 1. The molecule has 0 bridgehead atoms. The lowest BCUT2D eigenvalue weighted by Gasteiger charge is -2.03. The van der Waals surface area contributed by atoms with E-state index in [9.17, 15) is 4.79 Å². The number of carbonyl (C=O) groups is 1. The van der Waals surface area contributed by atoms with Crippen molar-refractivity contribution in [3.8, 4) is 0 Å². The molecular weight excluding hydrogens is 262 g/mol. The lowest BCUT2D eigenvalue weighted by molar-refractivity contribution is -0.404. The molecule has 0 aliphatic heterocycles. The number of halogens is 1. The summed E-state index contributed by atoms with van der Waals surface area (Å²) in [4.78, 5) is 11.5. The van der Waals surface area contributed by atoms with Gasteiger partial charge in [-0.3, -0.25) is 0 Å². The first kappa shape index (κ1) is 17.7. The van der Waals surface area contributed by atoms with Gasteiger partial charge in [-0.1, -0.05) is 43.7 Å². The Balaban J connectivity index is 0.00000324. The van der Waals surface area contributed by atoms with Crippen LogP contribution in [0.1, 0.15) is 31.7 Å². The van der Waals surface area contributed by atoms with E-state index < -0.39 is 0 Å². The summed E-state index contributed by atoms with van der Waals surface area (Å²) >= 11 is 0. The smallest absolute Gasteiger partial charge is 0.330 e. The van der Waals surface area contributed by atoms with Gasteiger partial charge in [-0.15, -0.1) is 0 Å². The van der Waals surface area contributed by atoms with E-state index in [0.717, 1.165) is 24.8 Å². The zero-order valence-electron chi connectivity index (χ0n) is 11.3. The molecule has 0 saturated heterocycles. The van der Waals surface area contributed by atoms with Crippen LogP contribution in [0.2, 0.25) is 0 Å². The van der Waals surface area contributed by atoms with Crippen LogP contribution < -0.4 is 18.1 Å². The first-order valence-electron chi connectivity index (χ1n) is 6.44. The standard InChI is InChI=1S/C15H21NO2.ClH/c1-2-3-9-14(16)10-11-15(17)18-12-13-7-5-4-6-8-13;/h4-8,10-11,14H,2-3,9,12,16H2,1H3;1H/b11-10+;/t14-;/m1./s1. The van der Waals surface area contributed by atoms with Gasteiger partial charge in [-0.2, -0.15) is 0 Å². The Morgan fingerprint density at radius 2 is 2.05 bits per heavy atom. The van der Waals surface area contributed by atoms with Crippen LogP contribution in [0.5, 0.6) is 0 Å². The van der Waals surface area contributed by atoms with Crippen LogP contribution in [0.15, 0.2) is 42.5 Å². The highest BCUT2D eigenvalue weighted by Gasteiger charge is 2.03. The molecule has 106 valence electrons. The third-order valence-electron chi connectivity index (χ3n) is 2.66. The fourth-order valence-corrected chi connectivity index (χ4v) is 1.55. The van der Waals surface area contributed by atoms with Crippen LogP contribution in [0.25, 0.3) is 0 Å². The van der Waals surface area contributed by atoms with Crippen molar-refractivity contribution in [2.24, 2.45) is 0 Å². The number of benzene rings is 1. The van der Waals surface area contributed by atoms with Gasteiger partial charge in [0.2, 0.25) is 0 Å². The van der Waals surface area contributed by atoms with E-state index in [1.165, 1.54) is 6.08 Å². The maximum atomic E-state index is 11.5. The third kappa shape index (κ3) is 8.41. The Labute approximate surface area is 121 Å². The first-order valence-corrected chi connectivity index (χ1v) is 6.44. The molecule has 0 saturated carbocycles. The minimum atomic E-state index is -0.302. The van der Waals surface area contributed by atoms with E-state index in [0.29, 0.717) is 6.61 Å². The van der Waals surface area contributed by atoms with Crippen LogP contribution in [0.4, 0.5) is 0 Å². The molecule has 0 spiro atoms. The number of quaternary nitrogens is 1. The Bertz CT molecular complexity index is 379. The minimum Gasteiger partial charge on any atom is -1.00 e. The highest BCUT2D eigenvalue weighted by Crippen LogP contribution is 2.02. The molecule has 3 nitrogen and oxygen atoms in total. The number of rotatable bonds is 7. The van der Waals surface area contributed by atoms with Gasteiger partial charge in [-0.05, 0) is 18.1 Å². The van der Waals surface area contributed by atoms with Gasteiger partial charge in [0.05, 0.1) is 0 Å². The number of ether oxygens (including phenoxy) is 1. The monoisotopic (exact) mass is 283 g/mol. The molecule has 0 aliphatic rings. The third-order valence-corrected chi connectivity index (χ3v) is 2.66. The molecule has 3 N–H and O–H groups in total. The topological polar surface area (TPSA) is 53.9 Å². The molecule has 19 heavy (non-hydrogen) atoms. The molecule has 0 aromatic heterocycles. The predicted octanol–water partition coefficient (Wildman–Crippen LogP) is -0.909. The van der Waals surface area contributed by atoms with Crippen molar-refractivity contribution in [3.05, 3.63) is 48.0 Å². The Kier molecular flexibility index (Phi) is 9.85. The van der Waals surface area contributed by atoms with Gasteiger partial charge in [-0.25, -0.2) is 4.79 Å². The van der Waals surface area contributed by atoms with E-state index >= 15 is 0 Å². The molecular formula is C15H22ClNO2. The van der Waals surface area contributed by atoms with Crippen LogP contribution >= 0.6 is 0 Å². The van der Waals surface area contributed by atoms with Crippen molar-refractivity contribution in [2.75, 3.05) is 0 Å². The van der Waals surface area contributed by atoms with Crippen molar-refractivity contribution in [2.45, 2.75) is 38.8 Å². The summed E-state index contributed by atoms with van der Waals surface area (Å²) in [5.74, 6) is -0.302. The molecule has 4 heteroatoms. The average Bonchev–Trinajstić information content (AvgIpc) is 2.41. The summed E-state index contributed by atoms with van der Waals surface area (Å²) in [6.45, 7) is 2.46. The molecule has 0 unspecified atom stereocenters. The summed E-state index contributed by atoms with van der Waals surface area (Å²) in [6.07, 6.45) is 6.61. The van der Waals surface area contributed by atoms with Crippen LogP contribution in [0, 0.1) is 0 Å². The maximum Gasteiger partial charge on any atom is 0.330 e. The second-order valence-corrected chi connectivity index (χ2v) is 4.35. The normalized spacial score (nSPS) is 11.9. The summed E-state index contributed by atoms with van der Waals surface area (Å²) in [5, 5.41) is 0. The fourth-order valence-electron chi connectivity index (χ4n) is 1.55. The number of unbranched alkanes of at least 4 members (excludes halogenated alkanes) is 1. The van der Waals surface area contributed by atoms with Gasteiger partial charge >= 0.3 is 5.97 Å². The van der Waals surface area contributed by atoms with Crippen molar-refractivity contribution in [1.29, 1.82) is 0 Å². The van der Waals surface area contributed by atoms with Gasteiger partial charge in [0.15, 0.2) is 0 Å². The Morgan fingerprint density at radius 3 is 2.68 bits per heavy atom. The quantitative estimate of drug-likeness (QED) is 0.520. The average molecular weight is 284 g/mol. The molecule has 1 atom stereocenters. The Hall–Kier alpha value is -1.32. The van der Waals surface area contributed by atoms with Crippen LogP contribution in [0.3, 0.4) is 0 Å². The fraction of sp³-hybridized carbons (Fsp3) is 0.400. The maximum absolute atomic E-state index is 11.5. The van der Waals surface area contributed by atoms with Crippen molar-refractivity contribution < 1.29 is 27.7 Å². The van der Waals surface area contributed by atoms with Gasteiger partial charge in [0.25, 0.3) is 0 Å². The van der Waals surface area contributed by atoms with Crippen molar-refractivity contribution >= 4 is 5.97 Å². The summed E-state index contributed by atoms with van der Waals surface area (Å²) in [7, 11) is 0. The molecule has 0 aliphatic carbocycles. The zero-order chi connectivity index (χ0) is 13.2. The van der Waals surface area contributed by atoms with Gasteiger partial charge in [0, 0.05) is 12.5 Å². The second-order valence-electron chi connectivity index (χ2n) is 4.35. The van der Waals surface area contributed by atoms with E-state index in [-0.39, 0.29) is 24.4 Å². The zero-order valence-corrected chi connectivity index (χ0v) is 12.1. The number of hydrogen-bond acceptors (Lipinski definition) is 2. The lowest BCUT2D eigenvalue weighted by atomic mass is 10.1. The van der Waals surface area contributed by atoms with Crippen molar-refractivity contribution in [1.82, 2.24) is 0 Å². The van der Waals surface area contributed by atoms with Crippen LogP contribution in [-0.4, -0.2) is 12.0 Å². The largest absolute Gasteiger partial charge is 1.00 e. The lowest BCUT2D eigenvalue weighted by Crippen LogP contribution is -3.00. The van der Waals surface area contributed by atoms with Gasteiger partial charge in [0.1, 0.15) is 12.6 Å². The first-order chi connectivity index (χ1) is 8.72. The molecule has 1 rings (SSSR count). The molecule has 1 aromatic rings. The molecule has 0 radical (unpaired) electrons. The van der Waals surface area contributed by atoms with Crippen LogP contribution in [-0.2, 0) is 16.1 Å². The minimum absolute atomic E-state index is 0. The predicted molar refractivity (Wildman–Crippen MR) is 71.6 cm³/mol. The second kappa shape index (κ2) is 10.6. The van der Waals surface area contributed by atoms with Crippen molar-refractivity contribution in [3.63, 3.8) is 0 Å². The molecule has 0 fully saturated rings. The Morgan fingerprint density at radius 1 is 1.37 bits per heavy atom. The summed E-state index contributed by atoms with van der Waals surface area (Å²) in [6, 6.07) is 9.84. The van der Waals surface area contributed by atoms with E-state index in [4.69, 9.17) is 4.74 Å². The highest BCUT2D eigenvalue weighted by molar-refractivity contribution is 5.81. The molecule has 1 aromatic carbocycles. The summed E-state index contributed by atoms with van der Waals surface area (Å²) < 4.78 is 5.13. The van der Waals surface area contributed by atoms with E-state index in [1.54, 1.807) is 0 Å². The molecule has 0 amide bonds. The van der Waals surface area contributed by atoms with Gasteiger partial charge < -0.3 is 22.9 Å². The van der Waals surface area contributed by atoms with E-state index in [2.05, 4.69) is 12.7 Å². The van der Waals surface area contributed by atoms with E-state index in [1.807, 2.05) is 36.4 Å². The molecule has 0 heterocycles.